The maximum Gasteiger partial charge on any atom is 0.294 e. The molecule has 3 aromatic rings. The van der Waals surface area contributed by atoms with Gasteiger partial charge in [-0.2, -0.15) is 0 Å². The molecule has 1 aliphatic heterocycles. The number of fused-ring (bicyclic) bond motifs is 1. The highest BCUT2D eigenvalue weighted by Gasteiger charge is 2.24. The van der Waals surface area contributed by atoms with Crippen molar-refractivity contribution in [2.75, 3.05) is 31.1 Å². The van der Waals surface area contributed by atoms with E-state index in [2.05, 4.69) is 45.3 Å². The Morgan fingerprint density at radius 2 is 1.82 bits per heavy atom. The number of nitro groups is 1. The second-order valence-electron chi connectivity index (χ2n) is 7.28. The van der Waals surface area contributed by atoms with Crippen LogP contribution in [0.5, 0.6) is 0 Å². The second kappa shape index (κ2) is 7.41. The average molecular weight is 400 g/mol. The largest absolute Gasteiger partial charge is 0.363 e. The van der Waals surface area contributed by atoms with Crippen molar-refractivity contribution in [1.29, 1.82) is 0 Å². The van der Waals surface area contributed by atoms with E-state index < -0.39 is 0 Å². The van der Waals surface area contributed by atoms with Gasteiger partial charge in [0, 0.05) is 37.3 Å². The zero-order valence-electron chi connectivity index (χ0n) is 15.9. The molecular weight excluding hydrogens is 378 g/mol. The number of benzene rings is 2. The molecular formula is C20H22ClN5O2. The van der Waals surface area contributed by atoms with E-state index in [-0.39, 0.29) is 10.6 Å². The van der Waals surface area contributed by atoms with Gasteiger partial charge in [0.1, 0.15) is 5.69 Å². The summed E-state index contributed by atoms with van der Waals surface area (Å²) in [6.45, 7) is 8.08. The number of aromatic nitrogens is 2. The number of nitro benzene ring substituents is 1. The fourth-order valence-corrected chi connectivity index (χ4v) is 3.85. The standard InChI is InChI=1S/C20H22ClN5O2/c1-14-9-17-19(10-15(14)2)25(12-22-17)13-23-5-7-24(8-6-23)18-4-3-16(21)11-20(18)26(27)28/h3-4,9-12H,5-8,13H2,1-2H3. The minimum atomic E-state index is -0.366. The van der Waals surface area contributed by atoms with Crippen molar-refractivity contribution in [3.63, 3.8) is 0 Å². The van der Waals surface area contributed by atoms with Crippen LogP contribution in [0.2, 0.25) is 5.02 Å². The van der Waals surface area contributed by atoms with E-state index in [0.29, 0.717) is 10.7 Å². The molecule has 2 aromatic carbocycles. The minimum Gasteiger partial charge on any atom is -0.363 e. The van der Waals surface area contributed by atoms with Crippen molar-refractivity contribution in [2.24, 2.45) is 0 Å². The zero-order valence-corrected chi connectivity index (χ0v) is 16.7. The van der Waals surface area contributed by atoms with Gasteiger partial charge in [0.05, 0.1) is 29.0 Å². The highest BCUT2D eigenvalue weighted by atomic mass is 35.5. The molecule has 0 radical (unpaired) electrons. The van der Waals surface area contributed by atoms with Gasteiger partial charge in [0.15, 0.2) is 0 Å². The number of hydrogen-bond donors (Lipinski definition) is 0. The molecule has 8 heteroatoms. The highest BCUT2D eigenvalue weighted by Crippen LogP contribution is 2.31. The van der Waals surface area contributed by atoms with Crippen molar-refractivity contribution in [2.45, 2.75) is 20.5 Å². The SMILES string of the molecule is Cc1cc2ncn(CN3CCN(c4ccc(Cl)cc4[N+](=O)[O-])CC3)c2cc1C. The number of halogens is 1. The van der Waals surface area contributed by atoms with E-state index in [1.807, 2.05) is 6.33 Å². The van der Waals surface area contributed by atoms with Gasteiger partial charge in [0.25, 0.3) is 5.69 Å². The van der Waals surface area contributed by atoms with E-state index in [1.165, 1.54) is 17.2 Å². The third-order valence-electron chi connectivity index (χ3n) is 5.44. The van der Waals surface area contributed by atoms with E-state index in [4.69, 9.17) is 11.6 Å². The van der Waals surface area contributed by atoms with Crippen LogP contribution in [-0.2, 0) is 6.67 Å². The van der Waals surface area contributed by atoms with Gasteiger partial charge in [0.2, 0.25) is 0 Å². The first-order valence-electron chi connectivity index (χ1n) is 9.26. The fraction of sp³-hybridized carbons (Fsp3) is 0.350. The summed E-state index contributed by atoms with van der Waals surface area (Å²) < 4.78 is 2.17. The van der Waals surface area contributed by atoms with Crippen molar-refractivity contribution in [3.8, 4) is 0 Å². The summed E-state index contributed by atoms with van der Waals surface area (Å²) >= 11 is 5.93. The first-order chi connectivity index (χ1) is 13.4. The van der Waals surface area contributed by atoms with Gasteiger partial charge >= 0.3 is 0 Å². The lowest BCUT2D eigenvalue weighted by atomic mass is 10.1. The molecule has 0 aliphatic carbocycles. The zero-order chi connectivity index (χ0) is 19.8. The summed E-state index contributed by atoms with van der Waals surface area (Å²) in [6.07, 6.45) is 1.89. The molecule has 1 fully saturated rings. The highest BCUT2D eigenvalue weighted by molar-refractivity contribution is 6.30. The molecule has 2 heterocycles. The summed E-state index contributed by atoms with van der Waals surface area (Å²) in [6, 6.07) is 9.18. The lowest BCUT2D eigenvalue weighted by Gasteiger charge is -2.35. The molecule has 4 rings (SSSR count). The van der Waals surface area contributed by atoms with Crippen molar-refractivity contribution in [3.05, 3.63) is 62.9 Å². The molecule has 0 N–H and O–H groups in total. The monoisotopic (exact) mass is 399 g/mol. The van der Waals surface area contributed by atoms with Crippen LogP contribution in [0.4, 0.5) is 11.4 Å². The molecule has 0 bridgehead atoms. The molecule has 0 amide bonds. The van der Waals surface area contributed by atoms with Gasteiger partial charge in [-0.05, 0) is 49.2 Å². The topological polar surface area (TPSA) is 67.4 Å². The van der Waals surface area contributed by atoms with Crippen LogP contribution in [0.3, 0.4) is 0 Å². The molecule has 1 saturated heterocycles. The molecule has 1 aliphatic rings. The van der Waals surface area contributed by atoms with Crippen LogP contribution in [0.1, 0.15) is 11.1 Å². The minimum absolute atomic E-state index is 0.0624. The van der Waals surface area contributed by atoms with Crippen LogP contribution < -0.4 is 4.90 Å². The van der Waals surface area contributed by atoms with Crippen molar-refractivity contribution >= 4 is 34.0 Å². The van der Waals surface area contributed by atoms with E-state index in [1.54, 1.807) is 12.1 Å². The Morgan fingerprint density at radius 3 is 2.54 bits per heavy atom. The number of anilines is 1. The third kappa shape index (κ3) is 3.55. The fourth-order valence-electron chi connectivity index (χ4n) is 3.68. The first-order valence-corrected chi connectivity index (χ1v) is 9.63. The van der Waals surface area contributed by atoms with Gasteiger partial charge in [-0.25, -0.2) is 4.98 Å². The molecule has 7 nitrogen and oxygen atoms in total. The predicted octanol–water partition coefficient (Wildman–Crippen LogP) is 3.99. The summed E-state index contributed by atoms with van der Waals surface area (Å²) in [5.41, 5.74) is 5.35. The Kier molecular flexibility index (Phi) is 4.95. The first kappa shape index (κ1) is 18.7. The van der Waals surface area contributed by atoms with Crippen molar-refractivity contribution in [1.82, 2.24) is 14.5 Å². The molecule has 0 spiro atoms. The number of rotatable bonds is 4. The maximum atomic E-state index is 11.4. The molecule has 28 heavy (non-hydrogen) atoms. The summed E-state index contributed by atoms with van der Waals surface area (Å²) in [7, 11) is 0. The lowest BCUT2D eigenvalue weighted by molar-refractivity contribution is -0.384. The summed E-state index contributed by atoms with van der Waals surface area (Å²) in [5, 5.41) is 11.7. The molecule has 1 aromatic heterocycles. The van der Waals surface area contributed by atoms with Crippen LogP contribution in [-0.4, -0.2) is 45.6 Å². The van der Waals surface area contributed by atoms with Crippen molar-refractivity contribution < 1.29 is 4.92 Å². The predicted molar refractivity (Wildman–Crippen MR) is 111 cm³/mol. The molecule has 146 valence electrons. The number of aryl methyl sites for hydroxylation is 2. The van der Waals surface area contributed by atoms with E-state index >= 15 is 0 Å². The molecule has 0 saturated carbocycles. The summed E-state index contributed by atoms with van der Waals surface area (Å²) in [4.78, 5) is 19.9. The van der Waals surface area contributed by atoms with Crippen LogP contribution in [0, 0.1) is 24.0 Å². The Labute approximate surface area is 168 Å². The number of imidazole rings is 1. The van der Waals surface area contributed by atoms with Gasteiger partial charge in [-0.15, -0.1) is 0 Å². The van der Waals surface area contributed by atoms with Gasteiger partial charge in [-0.3, -0.25) is 15.0 Å². The van der Waals surface area contributed by atoms with Crippen LogP contribution in [0.15, 0.2) is 36.7 Å². The lowest BCUT2D eigenvalue weighted by Crippen LogP contribution is -2.46. The Bertz CT molecular complexity index is 1040. The van der Waals surface area contributed by atoms with E-state index in [9.17, 15) is 10.1 Å². The van der Waals surface area contributed by atoms with Gasteiger partial charge in [-0.1, -0.05) is 11.6 Å². The third-order valence-corrected chi connectivity index (χ3v) is 5.67. The Balaban J connectivity index is 1.47. The smallest absolute Gasteiger partial charge is 0.294 e. The Hall–Kier alpha value is -2.64. The molecule has 0 unspecified atom stereocenters. The number of piperazine rings is 1. The van der Waals surface area contributed by atoms with E-state index in [0.717, 1.165) is 43.9 Å². The average Bonchev–Trinajstić information content (AvgIpc) is 3.04. The van der Waals surface area contributed by atoms with Gasteiger partial charge < -0.3 is 9.47 Å². The quantitative estimate of drug-likeness (QED) is 0.490. The maximum absolute atomic E-state index is 11.4. The van der Waals surface area contributed by atoms with Crippen LogP contribution >= 0.6 is 11.6 Å². The normalized spacial score (nSPS) is 15.3. The van der Waals surface area contributed by atoms with Crippen LogP contribution in [0.25, 0.3) is 11.0 Å². The second-order valence-corrected chi connectivity index (χ2v) is 7.71. The molecule has 0 atom stereocenters. The Morgan fingerprint density at radius 1 is 1.11 bits per heavy atom. The number of nitrogens with zero attached hydrogens (tertiary/aromatic N) is 5. The summed E-state index contributed by atoms with van der Waals surface area (Å²) in [5.74, 6) is 0. The number of hydrogen-bond acceptors (Lipinski definition) is 5.